The van der Waals surface area contributed by atoms with Gasteiger partial charge in [0.05, 0.1) is 0 Å². The highest BCUT2D eigenvalue weighted by molar-refractivity contribution is 9.09. The van der Waals surface area contributed by atoms with Crippen molar-refractivity contribution in [2.24, 2.45) is 5.92 Å². The lowest BCUT2D eigenvalue weighted by molar-refractivity contribution is -0.135. The third kappa shape index (κ3) is 1.97. The molecule has 1 saturated heterocycles. The van der Waals surface area contributed by atoms with Gasteiger partial charge in [0.2, 0.25) is 5.91 Å². The maximum Gasteiger partial charge on any atom is 0.225 e. The first-order valence-corrected chi connectivity index (χ1v) is 6.81. The van der Waals surface area contributed by atoms with Crippen molar-refractivity contribution in [3.05, 3.63) is 0 Å². The second-order valence-electron chi connectivity index (χ2n) is 4.46. The second kappa shape index (κ2) is 4.65. The number of hydrogen-bond acceptors (Lipinski definition) is 1. The molecule has 0 spiro atoms. The molecule has 2 rings (SSSR count). The van der Waals surface area contributed by atoms with Crippen LogP contribution in [0.5, 0.6) is 0 Å². The molecule has 3 heteroatoms. The van der Waals surface area contributed by atoms with Gasteiger partial charge in [-0.15, -0.1) is 0 Å². The van der Waals surface area contributed by atoms with Crippen LogP contribution in [-0.2, 0) is 4.79 Å². The van der Waals surface area contributed by atoms with Gasteiger partial charge in [-0.1, -0.05) is 28.8 Å². The first kappa shape index (κ1) is 10.5. The van der Waals surface area contributed by atoms with Gasteiger partial charge in [-0.25, -0.2) is 0 Å². The van der Waals surface area contributed by atoms with Crippen LogP contribution in [0, 0.1) is 5.92 Å². The molecular weight excluding hydrogens is 242 g/mol. The molecule has 1 unspecified atom stereocenters. The molecule has 0 aromatic carbocycles. The van der Waals surface area contributed by atoms with E-state index in [-0.39, 0.29) is 0 Å². The van der Waals surface area contributed by atoms with E-state index < -0.39 is 0 Å². The van der Waals surface area contributed by atoms with Gasteiger partial charge in [0.25, 0.3) is 0 Å². The number of rotatable bonds is 2. The normalized spacial score (nSPS) is 28.6. The Kier molecular flexibility index (Phi) is 3.47. The summed E-state index contributed by atoms with van der Waals surface area (Å²) in [4.78, 5) is 14.2. The van der Waals surface area contributed by atoms with E-state index in [2.05, 4.69) is 20.8 Å². The Morgan fingerprint density at radius 1 is 1.21 bits per heavy atom. The van der Waals surface area contributed by atoms with Crippen LogP contribution in [0.15, 0.2) is 0 Å². The van der Waals surface area contributed by atoms with E-state index in [1.807, 2.05) is 0 Å². The van der Waals surface area contributed by atoms with Crippen LogP contribution >= 0.6 is 15.9 Å². The van der Waals surface area contributed by atoms with Crippen molar-refractivity contribution in [2.45, 2.75) is 44.6 Å². The first-order chi connectivity index (χ1) is 6.83. The maximum absolute atomic E-state index is 12.1. The number of amides is 1. The molecule has 0 bridgehead atoms. The van der Waals surface area contributed by atoms with Gasteiger partial charge in [0.15, 0.2) is 0 Å². The zero-order chi connectivity index (χ0) is 9.97. The van der Waals surface area contributed by atoms with Crippen molar-refractivity contribution >= 4 is 21.8 Å². The van der Waals surface area contributed by atoms with Gasteiger partial charge in [-0.05, 0) is 25.7 Å². The summed E-state index contributed by atoms with van der Waals surface area (Å²) in [7, 11) is 0. The molecule has 1 saturated carbocycles. The van der Waals surface area contributed by atoms with Crippen molar-refractivity contribution in [1.29, 1.82) is 0 Å². The zero-order valence-corrected chi connectivity index (χ0v) is 10.1. The highest BCUT2D eigenvalue weighted by Crippen LogP contribution is 2.29. The van der Waals surface area contributed by atoms with E-state index in [4.69, 9.17) is 0 Å². The Hall–Kier alpha value is -0.0500. The van der Waals surface area contributed by atoms with Gasteiger partial charge >= 0.3 is 0 Å². The average Bonchev–Trinajstić information content (AvgIpc) is 2.87. The van der Waals surface area contributed by atoms with E-state index in [0.717, 1.165) is 24.7 Å². The van der Waals surface area contributed by atoms with Crippen molar-refractivity contribution in [1.82, 2.24) is 4.90 Å². The topological polar surface area (TPSA) is 20.3 Å². The first-order valence-electron chi connectivity index (χ1n) is 5.69. The number of likely N-dealkylation sites (tertiary alicyclic amines) is 1. The summed E-state index contributed by atoms with van der Waals surface area (Å²) >= 11 is 3.50. The summed E-state index contributed by atoms with van der Waals surface area (Å²) in [6.07, 6.45) is 7.14. The molecule has 2 aliphatic rings. The fourth-order valence-electron chi connectivity index (χ4n) is 2.69. The molecule has 1 amide bonds. The summed E-state index contributed by atoms with van der Waals surface area (Å²) in [5, 5.41) is 0.950. The SMILES string of the molecule is O=C(C1CCCC1)N1CCCC1CBr. The van der Waals surface area contributed by atoms with Crippen LogP contribution in [0.3, 0.4) is 0 Å². The van der Waals surface area contributed by atoms with Gasteiger partial charge in [0, 0.05) is 23.8 Å². The van der Waals surface area contributed by atoms with E-state index in [1.165, 1.54) is 25.7 Å². The standard InChI is InChI=1S/C11H18BrNO/c12-8-10-6-3-7-13(10)11(14)9-4-1-2-5-9/h9-10H,1-8H2. The van der Waals surface area contributed by atoms with Crippen molar-refractivity contribution in [3.63, 3.8) is 0 Å². The molecule has 14 heavy (non-hydrogen) atoms. The fraction of sp³-hybridized carbons (Fsp3) is 0.909. The zero-order valence-electron chi connectivity index (χ0n) is 8.54. The van der Waals surface area contributed by atoms with E-state index in [9.17, 15) is 4.79 Å². The number of carbonyl (C=O) groups excluding carboxylic acids is 1. The summed E-state index contributed by atoms with van der Waals surface area (Å²) in [5.41, 5.74) is 0. The van der Waals surface area contributed by atoms with Crippen LogP contribution in [0.4, 0.5) is 0 Å². The Balaban J connectivity index is 1.95. The lowest BCUT2D eigenvalue weighted by Gasteiger charge is -2.26. The Bertz CT molecular complexity index is 213. The van der Waals surface area contributed by atoms with Crippen LogP contribution in [-0.4, -0.2) is 28.7 Å². The minimum absolute atomic E-state index is 0.356. The number of nitrogens with zero attached hydrogens (tertiary/aromatic N) is 1. The molecule has 80 valence electrons. The molecule has 2 nitrogen and oxygen atoms in total. The summed E-state index contributed by atoms with van der Waals surface area (Å²) in [5.74, 6) is 0.791. The summed E-state index contributed by atoms with van der Waals surface area (Å²) < 4.78 is 0. The van der Waals surface area contributed by atoms with E-state index in [1.54, 1.807) is 0 Å². The minimum atomic E-state index is 0.356. The Morgan fingerprint density at radius 2 is 1.93 bits per heavy atom. The van der Waals surface area contributed by atoms with E-state index in [0.29, 0.717) is 17.9 Å². The maximum atomic E-state index is 12.1. The number of halogens is 1. The highest BCUT2D eigenvalue weighted by atomic mass is 79.9. The fourth-order valence-corrected chi connectivity index (χ4v) is 3.37. The summed E-state index contributed by atoms with van der Waals surface area (Å²) in [6, 6.07) is 0.475. The molecule has 1 heterocycles. The van der Waals surface area contributed by atoms with Crippen LogP contribution in [0.25, 0.3) is 0 Å². The van der Waals surface area contributed by atoms with Crippen LogP contribution < -0.4 is 0 Å². The molecule has 1 aliphatic heterocycles. The third-order valence-corrected chi connectivity index (χ3v) is 4.29. The molecule has 0 aromatic heterocycles. The predicted molar refractivity (Wildman–Crippen MR) is 60.5 cm³/mol. The minimum Gasteiger partial charge on any atom is -0.339 e. The van der Waals surface area contributed by atoms with Crippen LogP contribution in [0.1, 0.15) is 38.5 Å². The Morgan fingerprint density at radius 3 is 2.57 bits per heavy atom. The molecule has 1 aliphatic carbocycles. The largest absolute Gasteiger partial charge is 0.339 e. The molecule has 0 N–H and O–H groups in total. The molecule has 2 fully saturated rings. The van der Waals surface area contributed by atoms with Crippen molar-refractivity contribution in [2.75, 3.05) is 11.9 Å². The van der Waals surface area contributed by atoms with Crippen molar-refractivity contribution in [3.8, 4) is 0 Å². The van der Waals surface area contributed by atoms with E-state index >= 15 is 0 Å². The summed E-state index contributed by atoms with van der Waals surface area (Å²) in [6.45, 7) is 0.992. The van der Waals surface area contributed by atoms with Crippen LogP contribution in [0.2, 0.25) is 0 Å². The average molecular weight is 260 g/mol. The quantitative estimate of drug-likeness (QED) is 0.699. The molecule has 1 atom stereocenters. The lowest BCUT2D eigenvalue weighted by atomic mass is 10.1. The Labute approximate surface area is 94.2 Å². The third-order valence-electron chi connectivity index (χ3n) is 3.54. The van der Waals surface area contributed by atoms with Gasteiger partial charge in [-0.3, -0.25) is 4.79 Å². The highest BCUT2D eigenvalue weighted by Gasteiger charge is 2.33. The number of carbonyl (C=O) groups is 1. The molecule has 0 aromatic rings. The van der Waals surface area contributed by atoms with Gasteiger partial charge in [-0.2, -0.15) is 0 Å². The predicted octanol–water partition coefficient (Wildman–Crippen LogP) is 2.56. The van der Waals surface area contributed by atoms with Gasteiger partial charge < -0.3 is 4.90 Å². The number of hydrogen-bond donors (Lipinski definition) is 0. The lowest BCUT2D eigenvalue weighted by Crippen LogP contribution is -2.39. The molecular formula is C11H18BrNO. The number of alkyl halides is 1. The smallest absolute Gasteiger partial charge is 0.225 e. The van der Waals surface area contributed by atoms with Gasteiger partial charge in [0.1, 0.15) is 0 Å². The van der Waals surface area contributed by atoms with Crippen molar-refractivity contribution < 1.29 is 4.79 Å². The second-order valence-corrected chi connectivity index (χ2v) is 5.11. The molecule has 0 radical (unpaired) electrons. The monoisotopic (exact) mass is 259 g/mol.